The van der Waals surface area contributed by atoms with Crippen molar-refractivity contribution in [1.29, 1.82) is 0 Å². The van der Waals surface area contributed by atoms with Gasteiger partial charge in [-0.1, -0.05) is 0 Å². The number of aliphatic carboxylic acids is 3. The van der Waals surface area contributed by atoms with Gasteiger partial charge in [-0.2, -0.15) is 0 Å². The van der Waals surface area contributed by atoms with Crippen LogP contribution in [-0.2, 0) is 24.8 Å². The molecule has 0 amide bonds. The van der Waals surface area contributed by atoms with E-state index in [0.717, 1.165) is 20.8 Å². The second-order valence-corrected chi connectivity index (χ2v) is 2.78. The summed E-state index contributed by atoms with van der Waals surface area (Å²) in [7, 11) is -5.17. The number of carbonyl (C=O) groups is 3. The summed E-state index contributed by atoms with van der Waals surface area (Å²) in [6.45, 7) is 3.25. The summed E-state index contributed by atoms with van der Waals surface area (Å²) in [5.74, 6) is -2.50. The van der Waals surface area contributed by atoms with Gasteiger partial charge < -0.3 is 58.4 Å². The first-order valence-corrected chi connectivity index (χ1v) is 4.78. The first kappa shape index (κ1) is 36.2. The maximum absolute atomic E-state index is 9.00. The zero-order valence-corrected chi connectivity index (χ0v) is 13.9. The molecule has 0 atom stereocenters. The molecule has 0 aliphatic heterocycles. The van der Waals surface area contributed by atoms with E-state index in [1.807, 2.05) is 0 Å². The number of carboxylic acids is 3. The molecule has 0 bridgehead atoms. The molecule has 0 aliphatic rings. The minimum Gasteiger partial charge on any atom is -1.00 e. The molecule has 0 aromatic rings. The second-order valence-electron chi connectivity index (χ2n) is 1.97. The lowest BCUT2D eigenvalue weighted by Gasteiger charge is -2.06. The largest absolute Gasteiger partial charge is 1.00 e. The average Bonchev–Trinajstić information content (AvgIpc) is 1.73. The molecular weight excluding hydrogens is 424 g/mol. The Morgan fingerprint density at radius 2 is 0.737 bits per heavy atom. The molecule has 0 spiro atoms. The van der Waals surface area contributed by atoms with E-state index in [-0.39, 0.29) is 34.0 Å². The predicted molar refractivity (Wildman–Crippen MR) is 50.4 cm³/mol. The third-order valence-electron chi connectivity index (χ3n) is 0. The molecule has 120 valence electrons. The van der Waals surface area contributed by atoms with Gasteiger partial charge in [-0.15, -0.1) is 0 Å². The Kier molecular flexibility index (Phi) is 42.7. The first-order valence-electron chi connectivity index (χ1n) is 3.45. The minimum absolute atomic E-state index is 0. The van der Waals surface area contributed by atoms with E-state index in [1.165, 1.54) is 0 Å². The van der Waals surface area contributed by atoms with Crippen molar-refractivity contribution in [2.24, 2.45) is 0 Å². The fourth-order valence-electron chi connectivity index (χ4n) is 0. The van der Waals surface area contributed by atoms with Crippen molar-refractivity contribution in [3.05, 3.63) is 0 Å². The molecule has 0 aliphatic carbocycles. The molecule has 0 aromatic heterocycles. The maximum Gasteiger partial charge on any atom is 0.300 e. The summed E-state index contributed by atoms with van der Waals surface area (Å²) < 4.78 is 34.1. The molecule has 0 heterocycles. The van der Waals surface area contributed by atoms with Gasteiger partial charge in [0.1, 0.15) is 0 Å². The Morgan fingerprint density at radius 3 is 0.737 bits per heavy atom. The molecule has 0 unspecified atom stereocenters. The highest BCUT2D eigenvalue weighted by atomic mass is 79.9. The van der Waals surface area contributed by atoms with Gasteiger partial charge in [-0.3, -0.25) is 22.8 Å². The van der Waals surface area contributed by atoms with Crippen molar-refractivity contribution in [2.75, 3.05) is 0 Å². The topological polar surface area (TPSA) is 192 Å². The Labute approximate surface area is 130 Å². The molecule has 0 saturated heterocycles. The fraction of sp³-hybridized carbons (Fsp3) is 0.500. The van der Waals surface area contributed by atoms with Crippen molar-refractivity contribution in [3.8, 4) is 0 Å². The van der Waals surface area contributed by atoms with E-state index in [1.54, 1.807) is 0 Å². The highest BCUT2D eigenvalue weighted by Crippen LogP contribution is 1.57. The zero-order valence-electron chi connectivity index (χ0n) is 9.86. The van der Waals surface area contributed by atoms with Gasteiger partial charge >= 0.3 is 0 Å². The standard InChI is InChI=1S/3C2H4O2.2BrH.H2O4S/c3*1-2(3)4;;;1-5(2,3)4/h3*1H3,(H,3,4);2*1H;(H2,1,2,3,4)/p-4. The Hall–Kier alpha value is -0.760. The number of rotatable bonds is 0. The predicted octanol–water partition coefficient (Wildman–Crippen LogP) is -7.06. The number of hydrogen-bond acceptors (Lipinski definition) is 7. The lowest BCUT2D eigenvalue weighted by Crippen LogP contribution is -3.00. The Bertz CT molecular complexity index is 276. The number of carboxylic acid groups (broad SMARTS) is 3. The summed E-state index contributed by atoms with van der Waals surface area (Å²) in [4.78, 5) is 27.0. The quantitative estimate of drug-likeness (QED) is 0.243. The number of hydrogen-bond donors (Lipinski definition) is 3. The highest BCUT2D eigenvalue weighted by Gasteiger charge is 1.66. The van der Waals surface area contributed by atoms with Crippen LogP contribution >= 0.6 is 0 Å². The molecule has 0 fully saturated rings. The maximum atomic E-state index is 9.00. The van der Waals surface area contributed by atoms with Crippen LogP contribution in [0.4, 0.5) is 0 Å². The molecule has 0 rings (SSSR count). The van der Waals surface area contributed by atoms with Crippen LogP contribution in [0.15, 0.2) is 0 Å². The highest BCUT2D eigenvalue weighted by molar-refractivity contribution is 7.79. The molecule has 0 aromatic carbocycles. The lowest BCUT2D eigenvalue weighted by molar-refractivity contribution is -0.135. The van der Waals surface area contributed by atoms with Crippen LogP contribution < -0.4 is 34.0 Å². The molecular formula is C6H12Br2O10S-4. The van der Waals surface area contributed by atoms with Crippen LogP contribution in [-0.4, -0.2) is 50.8 Å². The van der Waals surface area contributed by atoms with E-state index in [4.69, 9.17) is 47.2 Å². The minimum atomic E-state index is -5.17. The molecule has 10 nitrogen and oxygen atoms in total. The van der Waals surface area contributed by atoms with E-state index < -0.39 is 28.3 Å². The van der Waals surface area contributed by atoms with Crippen LogP contribution in [0.3, 0.4) is 0 Å². The smallest absolute Gasteiger partial charge is 0.300 e. The van der Waals surface area contributed by atoms with Gasteiger partial charge in [0.2, 0.25) is 0 Å². The second kappa shape index (κ2) is 22.4. The van der Waals surface area contributed by atoms with Crippen LogP contribution in [0.5, 0.6) is 0 Å². The SMILES string of the molecule is CC(=O)O.CC(=O)O.CC(=O)O.O=S(=O)([O-])[O-].[Br-].[Br-]. The van der Waals surface area contributed by atoms with Gasteiger partial charge in [-0.05, 0) is 0 Å². The summed E-state index contributed by atoms with van der Waals surface area (Å²) in [6, 6.07) is 0. The van der Waals surface area contributed by atoms with Crippen molar-refractivity contribution in [2.45, 2.75) is 20.8 Å². The molecule has 13 heteroatoms. The van der Waals surface area contributed by atoms with Crippen LogP contribution in [0, 0.1) is 0 Å². The van der Waals surface area contributed by atoms with E-state index >= 15 is 0 Å². The van der Waals surface area contributed by atoms with E-state index in [0.29, 0.717) is 0 Å². The van der Waals surface area contributed by atoms with Crippen LogP contribution in [0.25, 0.3) is 0 Å². The van der Waals surface area contributed by atoms with Crippen LogP contribution in [0.2, 0.25) is 0 Å². The van der Waals surface area contributed by atoms with Gasteiger partial charge in [-0.25, -0.2) is 0 Å². The molecule has 0 saturated carbocycles. The molecule has 19 heavy (non-hydrogen) atoms. The monoisotopic (exact) mass is 434 g/mol. The Morgan fingerprint density at radius 1 is 0.737 bits per heavy atom. The van der Waals surface area contributed by atoms with Crippen LogP contribution in [0.1, 0.15) is 20.8 Å². The fourth-order valence-corrected chi connectivity index (χ4v) is 0. The van der Waals surface area contributed by atoms with Gasteiger partial charge in [0.15, 0.2) is 0 Å². The summed E-state index contributed by atoms with van der Waals surface area (Å²) in [5.41, 5.74) is 0. The normalized spacial score (nSPS) is 7.00. The third-order valence-corrected chi connectivity index (χ3v) is 0. The molecule has 0 radical (unpaired) electrons. The summed E-state index contributed by atoms with van der Waals surface area (Å²) in [5, 5.41) is 22.2. The van der Waals surface area contributed by atoms with E-state index in [2.05, 4.69) is 0 Å². The van der Waals surface area contributed by atoms with Crippen molar-refractivity contribution >= 4 is 28.3 Å². The summed E-state index contributed by atoms with van der Waals surface area (Å²) in [6.07, 6.45) is 0. The Balaban J connectivity index is -0.0000000288. The van der Waals surface area contributed by atoms with Gasteiger partial charge in [0.05, 0.1) is 0 Å². The zero-order chi connectivity index (χ0) is 15.2. The lowest BCUT2D eigenvalue weighted by atomic mass is 10.9. The third kappa shape index (κ3) is 6930. The number of halogens is 2. The van der Waals surface area contributed by atoms with Gasteiger partial charge in [0, 0.05) is 31.2 Å². The van der Waals surface area contributed by atoms with E-state index in [9.17, 15) is 0 Å². The molecule has 3 N–H and O–H groups in total. The average molecular weight is 436 g/mol. The van der Waals surface area contributed by atoms with Crippen molar-refractivity contribution in [1.82, 2.24) is 0 Å². The summed E-state index contributed by atoms with van der Waals surface area (Å²) >= 11 is 0. The van der Waals surface area contributed by atoms with Crippen molar-refractivity contribution in [3.63, 3.8) is 0 Å². The van der Waals surface area contributed by atoms with Gasteiger partial charge in [0.25, 0.3) is 17.9 Å². The first-order chi connectivity index (χ1) is 7.20. The van der Waals surface area contributed by atoms with Crippen molar-refractivity contribution < 1.29 is 81.2 Å².